The van der Waals surface area contributed by atoms with Crippen molar-refractivity contribution in [3.05, 3.63) is 60.0 Å². The maximum absolute atomic E-state index is 11.9. The molecule has 2 aromatic carbocycles. The molecule has 7 nitrogen and oxygen atoms in total. The lowest BCUT2D eigenvalue weighted by molar-refractivity contribution is -0.121. The average Bonchev–Trinajstić information content (AvgIpc) is 3.00. The van der Waals surface area contributed by atoms with E-state index in [4.69, 9.17) is 9.56 Å². The summed E-state index contributed by atoms with van der Waals surface area (Å²) in [5, 5.41) is 7.81. The number of hydrogen-bond donors (Lipinski definition) is 2. The van der Waals surface area contributed by atoms with Gasteiger partial charge in [-0.15, -0.1) is 0 Å². The van der Waals surface area contributed by atoms with Gasteiger partial charge in [0.25, 0.3) is 0 Å². The second-order valence-corrected chi connectivity index (χ2v) is 7.10. The second kappa shape index (κ2) is 7.04. The number of sulfonamides is 1. The number of para-hydroxylation sites is 2. The predicted molar refractivity (Wildman–Crippen MR) is 92.0 cm³/mol. The van der Waals surface area contributed by atoms with Crippen molar-refractivity contribution in [3.63, 3.8) is 0 Å². The zero-order valence-electron chi connectivity index (χ0n) is 13.3. The molecule has 25 heavy (non-hydrogen) atoms. The van der Waals surface area contributed by atoms with Crippen LogP contribution in [-0.2, 0) is 27.8 Å². The number of fused-ring (bicyclic) bond motifs is 1. The molecule has 8 heteroatoms. The highest BCUT2D eigenvalue weighted by atomic mass is 32.2. The molecule has 0 saturated carbocycles. The third-order valence-electron chi connectivity index (χ3n) is 3.65. The largest absolute Gasteiger partial charge is 0.441 e. The van der Waals surface area contributed by atoms with Gasteiger partial charge in [-0.1, -0.05) is 24.3 Å². The van der Waals surface area contributed by atoms with Gasteiger partial charge in [0.15, 0.2) is 11.5 Å². The number of nitrogens with zero attached hydrogens (tertiary/aromatic N) is 1. The van der Waals surface area contributed by atoms with Crippen LogP contribution >= 0.6 is 0 Å². The number of primary sulfonamides is 1. The fraction of sp³-hybridized carbons (Fsp3) is 0.176. The average molecular weight is 359 g/mol. The molecule has 0 spiro atoms. The molecule has 0 aliphatic rings. The van der Waals surface area contributed by atoms with Crippen LogP contribution in [-0.4, -0.2) is 19.3 Å². The summed E-state index contributed by atoms with van der Waals surface area (Å²) in [5.74, 6) is 0.381. The van der Waals surface area contributed by atoms with Gasteiger partial charge in [-0.3, -0.25) is 4.79 Å². The minimum atomic E-state index is -3.71. The molecule has 3 rings (SSSR count). The highest BCUT2D eigenvalue weighted by molar-refractivity contribution is 7.89. The highest BCUT2D eigenvalue weighted by Gasteiger charge is 2.09. The van der Waals surface area contributed by atoms with Gasteiger partial charge in [0.1, 0.15) is 5.52 Å². The topological polar surface area (TPSA) is 115 Å². The van der Waals surface area contributed by atoms with E-state index in [0.29, 0.717) is 24.4 Å². The number of aromatic nitrogens is 1. The lowest BCUT2D eigenvalue weighted by Crippen LogP contribution is -2.23. The highest BCUT2D eigenvalue weighted by Crippen LogP contribution is 2.15. The summed E-state index contributed by atoms with van der Waals surface area (Å²) >= 11 is 0. The van der Waals surface area contributed by atoms with Crippen LogP contribution in [0.25, 0.3) is 11.1 Å². The van der Waals surface area contributed by atoms with E-state index < -0.39 is 10.0 Å². The van der Waals surface area contributed by atoms with Gasteiger partial charge >= 0.3 is 0 Å². The molecule has 0 fully saturated rings. The minimum Gasteiger partial charge on any atom is -0.441 e. The minimum absolute atomic E-state index is 0.0403. The van der Waals surface area contributed by atoms with Gasteiger partial charge in [-0.25, -0.2) is 18.5 Å². The Labute approximate surface area is 144 Å². The number of carbonyl (C=O) groups excluding carboxylic acids is 1. The summed E-state index contributed by atoms with van der Waals surface area (Å²) in [6.07, 6.45) is 0.660. The Morgan fingerprint density at radius 1 is 1.12 bits per heavy atom. The van der Waals surface area contributed by atoms with Gasteiger partial charge in [-0.2, -0.15) is 0 Å². The molecular weight excluding hydrogens is 342 g/mol. The molecule has 3 N–H and O–H groups in total. The Morgan fingerprint density at radius 2 is 1.84 bits per heavy atom. The number of hydrogen-bond acceptors (Lipinski definition) is 5. The van der Waals surface area contributed by atoms with Crippen molar-refractivity contribution in [2.45, 2.75) is 24.3 Å². The van der Waals surface area contributed by atoms with Crippen LogP contribution in [0, 0.1) is 0 Å². The van der Waals surface area contributed by atoms with Crippen LogP contribution in [0.2, 0.25) is 0 Å². The number of nitrogens with one attached hydrogen (secondary N) is 1. The third kappa shape index (κ3) is 4.43. The Morgan fingerprint density at radius 3 is 2.52 bits per heavy atom. The zero-order chi connectivity index (χ0) is 17.9. The van der Waals surface area contributed by atoms with E-state index in [-0.39, 0.29) is 17.2 Å². The molecule has 0 saturated heterocycles. The van der Waals surface area contributed by atoms with E-state index in [2.05, 4.69) is 10.3 Å². The van der Waals surface area contributed by atoms with Crippen molar-refractivity contribution in [1.29, 1.82) is 0 Å². The first kappa shape index (κ1) is 17.1. The molecule has 0 bridgehead atoms. The number of oxazole rings is 1. The fourth-order valence-corrected chi connectivity index (χ4v) is 2.85. The van der Waals surface area contributed by atoms with Crippen molar-refractivity contribution in [1.82, 2.24) is 10.3 Å². The molecule has 1 aromatic heterocycles. The van der Waals surface area contributed by atoms with E-state index in [9.17, 15) is 13.2 Å². The van der Waals surface area contributed by atoms with Crippen LogP contribution in [0.5, 0.6) is 0 Å². The van der Waals surface area contributed by atoms with Gasteiger partial charge in [0.05, 0.1) is 4.90 Å². The Hall–Kier alpha value is -2.71. The monoisotopic (exact) mass is 359 g/mol. The predicted octanol–water partition coefficient (Wildman–Crippen LogP) is 1.72. The fourth-order valence-electron chi connectivity index (χ4n) is 2.33. The Kier molecular flexibility index (Phi) is 4.82. The van der Waals surface area contributed by atoms with E-state index in [0.717, 1.165) is 11.1 Å². The number of rotatable bonds is 6. The first-order chi connectivity index (χ1) is 11.9. The number of nitrogens with two attached hydrogens (primary N) is 1. The summed E-state index contributed by atoms with van der Waals surface area (Å²) in [6.45, 7) is 0.303. The van der Waals surface area contributed by atoms with E-state index in [1.165, 1.54) is 12.1 Å². The van der Waals surface area contributed by atoms with Crippen LogP contribution in [0.15, 0.2) is 57.8 Å². The molecule has 0 aliphatic heterocycles. The first-order valence-corrected chi connectivity index (χ1v) is 9.19. The van der Waals surface area contributed by atoms with Crippen molar-refractivity contribution in [2.75, 3.05) is 0 Å². The number of amides is 1. The van der Waals surface area contributed by atoms with Crippen LogP contribution < -0.4 is 10.5 Å². The van der Waals surface area contributed by atoms with E-state index in [1.54, 1.807) is 12.1 Å². The van der Waals surface area contributed by atoms with Gasteiger partial charge in [0.2, 0.25) is 15.9 Å². The van der Waals surface area contributed by atoms with Crippen molar-refractivity contribution < 1.29 is 17.6 Å². The van der Waals surface area contributed by atoms with Crippen LogP contribution in [0.3, 0.4) is 0 Å². The van der Waals surface area contributed by atoms with Crippen molar-refractivity contribution in [3.8, 4) is 0 Å². The molecular formula is C17H17N3O4S. The van der Waals surface area contributed by atoms with Crippen molar-refractivity contribution in [2.24, 2.45) is 5.14 Å². The molecule has 0 radical (unpaired) electrons. The zero-order valence-corrected chi connectivity index (χ0v) is 14.1. The van der Waals surface area contributed by atoms with Gasteiger partial charge in [-0.05, 0) is 29.8 Å². The number of aryl methyl sites for hydroxylation is 1. The maximum atomic E-state index is 11.9. The van der Waals surface area contributed by atoms with Gasteiger partial charge in [0, 0.05) is 19.4 Å². The van der Waals surface area contributed by atoms with E-state index >= 15 is 0 Å². The standard InChI is InChI=1S/C17H17N3O4S/c18-25(22,23)13-7-5-12(6-8-13)11-19-16(21)9-10-17-20-14-3-1-2-4-15(14)24-17/h1-8H,9-11H2,(H,19,21)(H2,18,22,23). The second-order valence-electron chi connectivity index (χ2n) is 5.54. The number of carbonyl (C=O) groups is 1. The normalized spacial score (nSPS) is 11.6. The lowest BCUT2D eigenvalue weighted by Gasteiger charge is -2.05. The maximum Gasteiger partial charge on any atom is 0.238 e. The molecule has 1 heterocycles. The Balaban J connectivity index is 1.51. The molecule has 130 valence electrons. The van der Waals surface area contributed by atoms with Crippen molar-refractivity contribution >= 4 is 27.0 Å². The summed E-state index contributed by atoms with van der Waals surface area (Å²) in [5.41, 5.74) is 2.25. The molecule has 1 amide bonds. The molecule has 3 aromatic rings. The molecule has 0 atom stereocenters. The summed E-state index contributed by atoms with van der Waals surface area (Å²) in [7, 11) is -3.71. The summed E-state index contributed by atoms with van der Waals surface area (Å²) in [4.78, 5) is 16.3. The Bertz CT molecular complexity index is 961. The van der Waals surface area contributed by atoms with Crippen LogP contribution in [0.4, 0.5) is 0 Å². The third-order valence-corrected chi connectivity index (χ3v) is 4.57. The summed E-state index contributed by atoms with van der Waals surface area (Å²) in [6, 6.07) is 13.5. The van der Waals surface area contributed by atoms with Crippen LogP contribution in [0.1, 0.15) is 17.9 Å². The smallest absolute Gasteiger partial charge is 0.238 e. The van der Waals surface area contributed by atoms with Gasteiger partial charge < -0.3 is 9.73 Å². The SMILES string of the molecule is NS(=O)(=O)c1ccc(CNC(=O)CCc2nc3ccccc3o2)cc1. The quantitative estimate of drug-likeness (QED) is 0.695. The first-order valence-electron chi connectivity index (χ1n) is 7.65. The van der Waals surface area contributed by atoms with E-state index in [1.807, 2.05) is 24.3 Å². The summed E-state index contributed by atoms with van der Waals surface area (Å²) < 4.78 is 27.9. The molecule has 0 unspecified atom stereocenters. The lowest BCUT2D eigenvalue weighted by atomic mass is 10.2. The molecule has 0 aliphatic carbocycles. The number of benzene rings is 2.